The van der Waals surface area contributed by atoms with E-state index in [0.717, 1.165) is 16.7 Å². The molecule has 0 radical (unpaired) electrons. The first-order valence-electron chi connectivity index (χ1n) is 6.89. The second kappa shape index (κ2) is 5.85. The standard InChI is InChI=1S/C19H19NO/c1-19(2,3)13-12-14-8-10-15(11-9-14)16-6-4-5-7-17(16)18(20)21/h4-11H,1-3H3,(H2,20,21). The van der Waals surface area contributed by atoms with Crippen molar-refractivity contribution in [1.29, 1.82) is 0 Å². The Morgan fingerprint density at radius 3 is 2.19 bits per heavy atom. The fraction of sp³-hybridized carbons (Fsp3) is 0.211. The zero-order valence-corrected chi connectivity index (χ0v) is 12.6. The molecule has 0 saturated heterocycles. The summed E-state index contributed by atoms with van der Waals surface area (Å²) >= 11 is 0. The van der Waals surface area contributed by atoms with Gasteiger partial charge in [0.2, 0.25) is 5.91 Å². The number of benzene rings is 2. The largest absolute Gasteiger partial charge is 0.366 e. The van der Waals surface area contributed by atoms with Gasteiger partial charge in [-0.2, -0.15) is 0 Å². The summed E-state index contributed by atoms with van der Waals surface area (Å²) in [6, 6.07) is 15.2. The molecule has 2 nitrogen and oxygen atoms in total. The van der Waals surface area contributed by atoms with Gasteiger partial charge in [-0.25, -0.2) is 0 Å². The second-order valence-corrected chi connectivity index (χ2v) is 5.99. The van der Waals surface area contributed by atoms with E-state index in [9.17, 15) is 4.79 Å². The van der Waals surface area contributed by atoms with Crippen molar-refractivity contribution in [2.24, 2.45) is 11.1 Å². The maximum absolute atomic E-state index is 11.5. The number of hydrogen-bond donors (Lipinski definition) is 1. The van der Waals surface area contributed by atoms with Crippen molar-refractivity contribution >= 4 is 5.91 Å². The van der Waals surface area contributed by atoms with Gasteiger partial charge in [-0.05, 0) is 50.1 Å². The quantitative estimate of drug-likeness (QED) is 0.832. The van der Waals surface area contributed by atoms with Crippen LogP contribution in [0.25, 0.3) is 11.1 Å². The molecule has 0 saturated carbocycles. The molecule has 0 spiro atoms. The van der Waals surface area contributed by atoms with Crippen LogP contribution in [-0.4, -0.2) is 5.91 Å². The molecule has 0 heterocycles. The number of nitrogens with two attached hydrogens (primary N) is 1. The minimum absolute atomic E-state index is 0.0166. The summed E-state index contributed by atoms with van der Waals surface area (Å²) in [4.78, 5) is 11.5. The van der Waals surface area contributed by atoms with Gasteiger partial charge in [0, 0.05) is 16.5 Å². The van der Waals surface area contributed by atoms with Gasteiger partial charge in [-0.3, -0.25) is 4.79 Å². The number of hydrogen-bond acceptors (Lipinski definition) is 1. The van der Waals surface area contributed by atoms with Crippen molar-refractivity contribution in [3.05, 3.63) is 59.7 Å². The van der Waals surface area contributed by atoms with Gasteiger partial charge in [-0.15, -0.1) is 0 Å². The lowest BCUT2D eigenvalue weighted by Gasteiger charge is -2.08. The summed E-state index contributed by atoms with van der Waals surface area (Å²) in [5, 5.41) is 0. The van der Waals surface area contributed by atoms with Crippen molar-refractivity contribution in [2.75, 3.05) is 0 Å². The number of carbonyl (C=O) groups is 1. The lowest BCUT2D eigenvalue weighted by Crippen LogP contribution is -2.12. The predicted molar refractivity (Wildman–Crippen MR) is 86.7 cm³/mol. The fourth-order valence-electron chi connectivity index (χ4n) is 1.94. The molecule has 2 aromatic carbocycles. The summed E-state index contributed by atoms with van der Waals surface area (Å²) in [7, 11) is 0. The highest BCUT2D eigenvalue weighted by Crippen LogP contribution is 2.23. The first kappa shape index (κ1) is 14.9. The number of carbonyl (C=O) groups excluding carboxylic acids is 1. The van der Waals surface area contributed by atoms with E-state index in [4.69, 9.17) is 5.73 Å². The highest BCUT2D eigenvalue weighted by Gasteiger charge is 2.08. The summed E-state index contributed by atoms with van der Waals surface area (Å²) in [6.45, 7) is 6.24. The Morgan fingerprint density at radius 2 is 1.62 bits per heavy atom. The first-order chi connectivity index (χ1) is 9.87. The van der Waals surface area contributed by atoms with E-state index >= 15 is 0 Å². The van der Waals surface area contributed by atoms with Gasteiger partial charge in [0.1, 0.15) is 0 Å². The Balaban J connectivity index is 2.36. The maximum atomic E-state index is 11.5. The van der Waals surface area contributed by atoms with Crippen molar-refractivity contribution in [2.45, 2.75) is 20.8 Å². The number of rotatable bonds is 2. The van der Waals surface area contributed by atoms with Crippen LogP contribution in [0, 0.1) is 17.3 Å². The van der Waals surface area contributed by atoms with Crippen LogP contribution in [0.5, 0.6) is 0 Å². The Morgan fingerprint density at radius 1 is 1.00 bits per heavy atom. The molecule has 2 rings (SSSR count). The third-order valence-electron chi connectivity index (χ3n) is 2.97. The van der Waals surface area contributed by atoms with E-state index < -0.39 is 5.91 Å². The molecule has 21 heavy (non-hydrogen) atoms. The van der Waals surface area contributed by atoms with E-state index in [1.54, 1.807) is 6.07 Å². The Hall–Kier alpha value is -2.53. The molecular weight excluding hydrogens is 258 g/mol. The van der Waals surface area contributed by atoms with E-state index in [1.807, 2.05) is 42.5 Å². The molecule has 0 fully saturated rings. The van der Waals surface area contributed by atoms with Crippen LogP contribution in [0.3, 0.4) is 0 Å². The van der Waals surface area contributed by atoms with Crippen LogP contribution in [0.2, 0.25) is 0 Å². The highest BCUT2D eigenvalue weighted by molar-refractivity contribution is 5.99. The van der Waals surface area contributed by atoms with Gasteiger partial charge in [0.25, 0.3) is 0 Å². The molecule has 0 atom stereocenters. The monoisotopic (exact) mass is 277 g/mol. The molecular formula is C19H19NO. The zero-order valence-electron chi connectivity index (χ0n) is 12.6. The van der Waals surface area contributed by atoms with Crippen LogP contribution in [0.15, 0.2) is 48.5 Å². The first-order valence-corrected chi connectivity index (χ1v) is 6.89. The smallest absolute Gasteiger partial charge is 0.249 e. The van der Waals surface area contributed by atoms with Crippen molar-refractivity contribution in [3.8, 4) is 23.0 Å². The Kier molecular flexibility index (Phi) is 4.14. The van der Waals surface area contributed by atoms with Crippen LogP contribution < -0.4 is 5.73 Å². The lowest BCUT2D eigenvalue weighted by atomic mass is 9.96. The molecule has 0 aliphatic carbocycles. The molecule has 1 amide bonds. The summed E-state index contributed by atoms with van der Waals surface area (Å²) in [5.41, 5.74) is 8.71. The Bertz CT molecular complexity index is 710. The summed E-state index contributed by atoms with van der Waals surface area (Å²) in [6.07, 6.45) is 0. The molecule has 2 aromatic rings. The average molecular weight is 277 g/mol. The molecule has 0 aliphatic rings. The zero-order chi connectivity index (χ0) is 15.5. The van der Waals surface area contributed by atoms with Crippen molar-refractivity contribution < 1.29 is 4.79 Å². The molecule has 2 heteroatoms. The topological polar surface area (TPSA) is 43.1 Å². The minimum atomic E-state index is -0.415. The SMILES string of the molecule is CC(C)(C)C#Cc1ccc(-c2ccccc2C(N)=O)cc1. The van der Waals surface area contributed by atoms with E-state index in [2.05, 4.69) is 32.6 Å². The van der Waals surface area contributed by atoms with Gasteiger partial charge < -0.3 is 5.73 Å². The third kappa shape index (κ3) is 3.97. The Labute approximate surface area is 126 Å². The molecule has 0 aliphatic heterocycles. The third-order valence-corrected chi connectivity index (χ3v) is 2.97. The number of primary amides is 1. The van der Waals surface area contributed by atoms with Crippen LogP contribution in [0.4, 0.5) is 0 Å². The van der Waals surface area contributed by atoms with E-state index in [-0.39, 0.29) is 5.41 Å². The normalized spacial score (nSPS) is 10.6. The van der Waals surface area contributed by atoms with Crippen LogP contribution in [0.1, 0.15) is 36.7 Å². The van der Waals surface area contributed by atoms with E-state index in [1.165, 1.54) is 0 Å². The molecule has 106 valence electrons. The molecule has 2 N–H and O–H groups in total. The van der Waals surface area contributed by atoms with E-state index in [0.29, 0.717) is 5.56 Å². The minimum Gasteiger partial charge on any atom is -0.366 e. The van der Waals surface area contributed by atoms with Gasteiger partial charge in [0.05, 0.1) is 0 Å². The van der Waals surface area contributed by atoms with Crippen molar-refractivity contribution in [1.82, 2.24) is 0 Å². The highest BCUT2D eigenvalue weighted by atomic mass is 16.1. The van der Waals surface area contributed by atoms with Gasteiger partial charge in [0.15, 0.2) is 0 Å². The van der Waals surface area contributed by atoms with Gasteiger partial charge >= 0.3 is 0 Å². The maximum Gasteiger partial charge on any atom is 0.249 e. The number of amides is 1. The summed E-state index contributed by atoms with van der Waals surface area (Å²) in [5.74, 6) is 5.95. The predicted octanol–water partition coefficient (Wildman–Crippen LogP) is 3.85. The van der Waals surface area contributed by atoms with Gasteiger partial charge in [-0.1, -0.05) is 42.2 Å². The van der Waals surface area contributed by atoms with Crippen LogP contribution >= 0.6 is 0 Å². The second-order valence-electron chi connectivity index (χ2n) is 5.99. The average Bonchev–Trinajstić information content (AvgIpc) is 2.45. The van der Waals surface area contributed by atoms with Crippen LogP contribution in [-0.2, 0) is 0 Å². The molecule has 0 unspecified atom stereocenters. The molecule has 0 bridgehead atoms. The fourth-order valence-corrected chi connectivity index (χ4v) is 1.94. The van der Waals surface area contributed by atoms with Crippen molar-refractivity contribution in [3.63, 3.8) is 0 Å². The summed E-state index contributed by atoms with van der Waals surface area (Å²) < 4.78 is 0. The lowest BCUT2D eigenvalue weighted by molar-refractivity contribution is 0.100. The molecule has 0 aromatic heterocycles.